The number of aromatic nitrogens is 1. The van der Waals surface area contributed by atoms with E-state index >= 15 is 0 Å². The zero-order chi connectivity index (χ0) is 18.5. The van der Waals surface area contributed by atoms with Crippen LogP contribution in [0.2, 0.25) is 0 Å². The largest absolute Gasteiger partial charge is 0.477 e. The second-order valence-electron chi connectivity index (χ2n) is 5.78. The van der Waals surface area contributed by atoms with E-state index in [0.29, 0.717) is 4.88 Å². The van der Waals surface area contributed by atoms with Crippen LogP contribution >= 0.6 is 51.4 Å². The molecule has 0 aliphatic heterocycles. The van der Waals surface area contributed by atoms with Crippen LogP contribution in [0.3, 0.4) is 0 Å². The molecule has 3 rings (SSSR count). The van der Waals surface area contributed by atoms with Gasteiger partial charge >= 0.3 is 5.97 Å². The van der Waals surface area contributed by atoms with Crippen LogP contribution in [0.5, 0.6) is 0 Å². The van der Waals surface area contributed by atoms with Gasteiger partial charge in [-0.25, -0.2) is 9.78 Å². The third-order valence-corrected chi connectivity index (χ3v) is 7.22. The van der Waals surface area contributed by atoms with Gasteiger partial charge in [0.25, 0.3) is 0 Å². The number of nitrogens with one attached hydrogen (secondary N) is 1. The maximum atomic E-state index is 11.4. The molecule has 0 radical (unpaired) electrons. The van der Waals surface area contributed by atoms with Gasteiger partial charge in [-0.15, -0.1) is 51.4 Å². The van der Waals surface area contributed by atoms with Crippen LogP contribution in [0.1, 0.15) is 27.2 Å². The number of thioether (sulfide) groups is 1. The molecule has 0 amide bonds. The van der Waals surface area contributed by atoms with E-state index in [-0.39, 0.29) is 17.0 Å². The Balaban J connectivity index is 0.00000261. The first-order valence-electron chi connectivity index (χ1n) is 8.24. The summed E-state index contributed by atoms with van der Waals surface area (Å²) < 4.78 is 1.00. The van der Waals surface area contributed by atoms with Crippen LogP contribution in [0, 0.1) is 6.92 Å². The van der Waals surface area contributed by atoms with Crippen molar-refractivity contribution >= 4 is 62.5 Å². The molecule has 0 atom stereocenters. The van der Waals surface area contributed by atoms with Crippen molar-refractivity contribution in [3.05, 3.63) is 51.7 Å². The Kier molecular flexibility index (Phi) is 8.34. The Morgan fingerprint density at radius 2 is 2.04 bits per heavy atom. The summed E-state index contributed by atoms with van der Waals surface area (Å²) in [5.74, 6) is -0.872. The highest BCUT2D eigenvalue weighted by Crippen LogP contribution is 2.42. The minimum Gasteiger partial charge on any atom is -0.477 e. The number of carboxylic acid groups (broad SMARTS) is 1. The molecule has 2 N–H and O–H groups in total. The molecule has 0 aliphatic carbocycles. The predicted octanol–water partition coefficient (Wildman–Crippen LogP) is 6.22. The topological polar surface area (TPSA) is 62.2 Å². The van der Waals surface area contributed by atoms with E-state index < -0.39 is 5.97 Å². The molecule has 0 bridgehead atoms. The lowest BCUT2D eigenvalue weighted by Gasteiger charge is -2.03. The smallest absolute Gasteiger partial charge is 0.346 e. The molecule has 4 nitrogen and oxygen atoms in total. The fourth-order valence-electron chi connectivity index (χ4n) is 2.73. The summed E-state index contributed by atoms with van der Waals surface area (Å²) in [5.41, 5.74) is 3.95. The second kappa shape index (κ2) is 10.3. The van der Waals surface area contributed by atoms with E-state index in [1.807, 2.05) is 24.6 Å². The zero-order valence-corrected chi connectivity index (χ0v) is 19.2. The number of hydrogen-bond acceptors (Lipinski definition) is 6. The van der Waals surface area contributed by atoms with Gasteiger partial charge in [0.15, 0.2) is 5.13 Å². The van der Waals surface area contributed by atoms with Gasteiger partial charge in [0.05, 0.1) is 9.90 Å². The highest BCUT2D eigenvalue weighted by atomic mass is 79.9. The number of benzene rings is 1. The van der Waals surface area contributed by atoms with Gasteiger partial charge < -0.3 is 10.4 Å². The van der Waals surface area contributed by atoms with Gasteiger partial charge in [0, 0.05) is 17.5 Å². The normalized spacial score (nSPS) is 10.4. The molecule has 1 aromatic carbocycles. The number of nitrogens with zero attached hydrogens (tertiary/aromatic N) is 1. The van der Waals surface area contributed by atoms with Crippen molar-refractivity contribution in [2.75, 3.05) is 18.1 Å². The number of aryl methyl sites for hydroxylation is 1. The number of hydrogen-bond donors (Lipinski definition) is 2. The first-order chi connectivity index (χ1) is 12.6. The lowest BCUT2D eigenvalue weighted by Crippen LogP contribution is -2.02. The molecule has 0 spiro atoms. The minimum absolute atomic E-state index is 0. The van der Waals surface area contributed by atoms with Crippen molar-refractivity contribution in [2.45, 2.75) is 24.0 Å². The van der Waals surface area contributed by atoms with E-state index in [2.05, 4.69) is 34.6 Å². The fourth-order valence-corrected chi connectivity index (χ4v) is 5.40. The Morgan fingerprint density at radius 1 is 1.30 bits per heavy atom. The molecule has 2 aromatic heterocycles. The third kappa shape index (κ3) is 5.34. The summed E-state index contributed by atoms with van der Waals surface area (Å²) in [6.07, 6.45) is 4.04. The second-order valence-corrected chi connectivity index (χ2v) is 8.74. The number of thiophene rings is 1. The molecule has 8 heteroatoms. The van der Waals surface area contributed by atoms with Crippen LogP contribution in [0.25, 0.3) is 11.3 Å². The maximum Gasteiger partial charge on any atom is 0.346 e. The fraction of sp³-hybridized carbons (Fsp3) is 0.263. The molecule has 0 unspecified atom stereocenters. The molecule has 0 fully saturated rings. The Hall–Kier alpha value is -1.35. The van der Waals surface area contributed by atoms with Gasteiger partial charge in [-0.05, 0) is 37.1 Å². The molecule has 0 aliphatic rings. The van der Waals surface area contributed by atoms with Crippen LogP contribution in [-0.4, -0.2) is 28.9 Å². The lowest BCUT2D eigenvalue weighted by molar-refractivity contribution is 0.0701. The van der Waals surface area contributed by atoms with E-state index in [1.54, 1.807) is 23.1 Å². The molecular formula is C19H21BrN2O2S3. The number of aromatic carboxylic acids is 1. The number of carbonyl (C=O) groups is 1. The molecule has 2 heterocycles. The Labute approximate surface area is 181 Å². The zero-order valence-electron chi connectivity index (χ0n) is 15.0. The van der Waals surface area contributed by atoms with Gasteiger partial charge in [-0.2, -0.15) is 0 Å². The Morgan fingerprint density at radius 3 is 2.70 bits per heavy atom. The molecule has 144 valence electrons. The lowest BCUT2D eigenvalue weighted by atomic mass is 10.1. The van der Waals surface area contributed by atoms with Crippen molar-refractivity contribution in [3.63, 3.8) is 0 Å². The summed E-state index contributed by atoms with van der Waals surface area (Å²) in [4.78, 5) is 16.5. The monoisotopic (exact) mass is 484 g/mol. The molecule has 27 heavy (non-hydrogen) atoms. The van der Waals surface area contributed by atoms with Crippen LogP contribution in [-0.2, 0) is 6.42 Å². The number of anilines is 1. The van der Waals surface area contributed by atoms with E-state index in [9.17, 15) is 9.90 Å². The SMILES string of the molecule is Br.CSc1sc(C(=O)O)c(C)c1-c1csc(NCCCc2ccccc2)n1. The van der Waals surface area contributed by atoms with Crippen molar-refractivity contribution in [2.24, 2.45) is 0 Å². The number of rotatable bonds is 8. The predicted molar refractivity (Wildman–Crippen MR) is 122 cm³/mol. The number of carboxylic acids is 1. The molecular weight excluding hydrogens is 464 g/mol. The van der Waals surface area contributed by atoms with Crippen LogP contribution in [0.4, 0.5) is 5.13 Å². The highest BCUT2D eigenvalue weighted by molar-refractivity contribution is 8.93. The first kappa shape index (κ1) is 21.9. The minimum atomic E-state index is -0.872. The summed E-state index contributed by atoms with van der Waals surface area (Å²) in [6, 6.07) is 10.4. The summed E-state index contributed by atoms with van der Waals surface area (Å²) in [7, 11) is 0. The van der Waals surface area contributed by atoms with Crippen LogP contribution < -0.4 is 5.32 Å². The molecule has 0 saturated heterocycles. The Bertz CT molecular complexity index is 894. The molecule has 3 aromatic rings. The quantitative estimate of drug-likeness (QED) is 0.293. The van der Waals surface area contributed by atoms with E-state index in [4.69, 9.17) is 0 Å². The van der Waals surface area contributed by atoms with Crippen LogP contribution in [0.15, 0.2) is 39.9 Å². The van der Waals surface area contributed by atoms with Crippen molar-refractivity contribution in [1.82, 2.24) is 4.98 Å². The van der Waals surface area contributed by atoms with Crippen molar-refractivity contribution in [1.29, 1.82) is 0 Å². The highest BCUT2D eigenvalue weighted by Gasteiger charge is 2.22. The summed E-state index contributed by atoms with van der Waals surface area (Å²) in [5, 5.41) is 15.6. The van der Waals surface area contributed by atoms with E-state index in [1.165, 1.54) is 16.9 Å². The third-order valence-electron chi connectivity index (χ3n) is 4.02. The first-order valence-corrected chi connectivity index (χ1v) is 11.2. The number of thiazole rings is 1. The maximum absolute atomic E-state index is 11.4. The van der Waals surface area contributed by atoms with Gasteiger partial charge in [-0.3, -0.25) is 0 Å². The van der Waals surface area contributed by atoms with Gasteiger partial charge in [-0.1, -0.05) is 30.3 Å². The number of halogens is 1. The van der Waals surface area contributed by atoms with Gasteiger partial charge in [0.1, 0.15) is 4.88 Å². The van der Waals surface area contributed by atoms with E-state index in [0.717, 1.165) is 45.5 Å². The van der Waals surface area contributed by atoms with Crippen molar-refractivity contribution < 1.29 is 9.90 Å². The summed E-state index contributed by atoms with van der Waals surface area (Å²) >= 11 is 4.46. The van der Waals surface area contributed by atoms with Gasteiger partial charge in [0.2, 0.25) is 0 Å². The standard InChI is InChI=1S/C19H20N2O2S3.BrH/c1-12-15(18(24-2)26-16(12)17(22)23)14-11-25-19(21-14)20-10-6-9-13-7-4-3-5-8-13;/h3-5,7-8,11H,6,9-10H2,1-2H3,(H,20,21)(H,22,23);1H. The van der Waals surface area contributed by atoms with Crippen molar-refractivity contribution in [3.8, 4) is 11.3 Å². The average Bonchev–Trinajstić information content (AvgIpc) is 3.23. The average molecular weight is 485 g/mol. The summed E-state index contributed by atoms with van der Waals surface area (Å²) in [6.45, 7) is 2.72. The molecule has 0 saturated carbocycles.